The first-order valence-corrected chi connectivity index (χ1v) is 13.7. The SMILES string of the molecule is Cc1c(CCC(=O)N[C@@H](CSCc2ccccc2)C(=O)O)c(=O)oc2cc3occ(-c4ccccc4)c3cc12. The first kappa shape index (κ1) is 26.3. The van der Waals surface area contributed by atoms with Gasteiger partial charge < -0.3 is 19.3 Å². The van der Waals surface area contributed by atoms with Crippen LogP contribution in [0.15, 0.2) is 92.7 Å². The van der Waals surface area contributed by atoms with Crippen LogP contribution in [0.5, 0.6) is 0 Å². The number of aliphatic carboxylic acids is 1. The summed E-state index contributed by atoms with van der Waals surface area (Å²) in [6, 6.07) is 22.2. The van der Waals surface area contributed by atoms with Crippen molar-refractivity contribution in [1.82, 2.24) is 5.32 Å². The van der Waals surface area contributed by atoms with Gasteiger partial charge in [-0.15, -0.1) is 0 Å². The third-order valence-electron chi connectivity index (χ3n) is 6.70. The van der Waals surface area contributed by atoms with E-state index in [4.69, 9.17) is 8.83 Å². The van der Waals surface area contributed by atoms with Crippen LogP contribution >= 0.6 is 11.8 Å². The molecule has 2 aromatic heterocycles. The molecular formula is C31H27NO6S. The zero-order chi connectivity index (χ0) is 27.4. The molecule has 1 amide bonds. The highest BCUT2D eigenvalue weighted by Gasteiger charge is 2.21. The number of carbonyl (C=O) groups is 2. The van der Waals surface area contributed by atoms with Gasteiger partial charge in [0.2, 0.25) is 5.91 Å². The molecule has 2 N–H and O–H groups in total. The van der Waals surface area contributed by atoms with E-state index in [1.54, 1.807) is 12.3 Å². The summed E-state index contributed by atoms with van der Waals surface area (Å²) in [6.45, 7) is 1.83. The van der Waals surface area contributed by atoms with Crippen LogP contribution in [0.1, 0.15) is 23.1 Å². The number of nitrogens with one attached hydrogen (secondary N) is 1. The van der Waals surface area contributed by atoms with Gasteiger partial charge in [0.1, 0.15) is 17.2 Å². The van der Waals surface area contributed by atoms with E-state index in [1.165, 1.54) is 11.8 Å². The summed E-state index contributed by atoms with van der Waals surface area (Å²) in [7, 11) is 0. The van der Waals surface area contributed by atoms with E-state index >= 15 is 0 Å². The summed E-state index contributed by atoms with van der Waals surface area (Å²) >= 11 is 1.44. The monoisotopic (exact) mass is 541 g/mol. The van der Waals surface area contributed by atoms with Crippen molar-refractivity contribution in [1.29, 1.82) is 0 Å². The lowest BCUT2D eigenvalue weighted by Crippen LogP contribution is -2.42. The first-order chi connectivity index (χ1) is 18.9. The zero-order valence-corrected chi connectivity index (χ0v) is 22.1. The van der Waals surface area contributed by atoms with Gasteiger partial charge >= 0.3 is 11.6 Å². The van der Waals surface area contributed by atoms with Gasteiger partial charge in [-0.2, -0.15) is 11.8 Å². The van der Waals surface area contributed by atoms with Crippen molar-refractivity contribution in [2.45, 2.75) is 31.6 Å². The Bertz CT molecular complexity index is 1690. The van der Waals surface area contributed by atoms with Crippen LogP contribution in [0.4, 0.5) is 0 Å². The number of benzene rings is 3. The fourth-order valence-electron chi connectivity index (χ4n) is 4.59. The van der Waals surface area contributed by atoms with Crippen molar-refractivity contribution in [2.75, 3.05) is 5.75 Å². The van der Waals surface area contributed by atoms with E-state index < -0.39 is 23.5 Å². The van der Waals surface area contributed by atoms with Gasteiger partial charge in [-0.1, -0.05) is 60.7 Å². The Kier molecular flexibility index (Phi) is 7.84. The van der Waals surface area contributed by atoms with Gasteiger partial charge in [0.15, 0.2) is 0 Å². The topological polar surface area (TPSA) is 110 Å². The predicted molar refractivity (Wildman–Crippen MR) is 153 cm³/mol. The van der Waals surface area contributed by atoms with Gasteiger partial charge in [-0.3, -0.25) is 4.79 Å². The van der Waals surface area contributed by atoms with Crippen molar-refractivity contribution >= 4 is 45.6 Å². The fraction of sp³-hybridized carbons (Fsp3) is 0.194. The lowest BCUT2D eigenvalue weighted by atomic mass is 9.99. The summed E-state index contributed by atoms with van der Waals surface area (Å²) in [5.74, 6) is -0.646. The largest absolute Gasteiger partial charge is 0.480 e. The van der Waals surface area contributed by atoms with Gasteiger partial charge in [0, 0.05) is 45.9 Å². The Morgan fingerprint density at radius 1 is 0.974 bits per heavy atom. The van der Waals surface area contributed by atoms with E-state index in [0.29, 0.717) is 22.5 Å². The third kappa shape index (κ3) is 5.91. The molecule has 0 fully saturated rings. The average molecular weight is 542 g/mol. The molecule has 1 atom stereocenters. The van der Waals surface area contributed by atoms with Crippen LogP contribution in [0.3, 0.4) is 0 Å². The molecule has 7 nitrogen and oxygen atoms in total. The van der Waals surface area contributed by atoms with E-state index in [1.807, 2.05) is 73.7 Å². The second kappa shape index (κ2) is 11.6. The number of hydrogen-bond acceptors (Lipinski definition) is 6. The molecule has 0 spiro atoms. The number of hydrogen-bond donors (Lipinski definition) is 2. The number of carboxylic acids is 1. The molecule has 0 saturated carbocycles. The minimum Gasteiger partial charge on any atom is -0.480 e. The number of aryl methyl sites for hydroxylation is 1. The molecule has 0 saturated heterocycles. The molecule has 0 radical (unpaired) electrons. The van der Waals surface area contributed by atoms with Crippen LogP contribution in [0, 0.1) is 6.92 Å². The van der Waals surface area contributed by atoms with E-state index in [2.05, 4.69) is 5.32 Å². The fourth-order valence-corrected chi connectivity index (χ4v) is 5.60. The Balaban J connectivity index is 1.30. The minimum atomic E-state index is -1.09. The Morgan fingerprint density at radius 3 is 2.41 bits per heavy atom. The standard InChI is InChI=1S/C31H27NO6S/c1-19-22(12-13-29(33)32-26(30(34)35)18-39-17-20-8-4-2-5-9-20)31(36)38-28-15-27-24(14-23(19)28)25(16-37-27)21-10-6-3-7-11-21/h2-11,14-16,26H,12-13,17-18H2,1H3,(H,32,33)(H,34,35)/t26-/m0/s1. The number of fused-ring (bicyclic) bond motifs is 2. The van der Waals surface area contributed by atoms with Crippen molar-refractivity contribution in [2.24, 2.45) is 0 Å². The number of amides is 1. The maximum absolute atomic E-state index is 12.8. The van der Waals surface area contributed by atoms with Crippen molar-refractivity contribution in [3.8, 4) is 11.1 Å². The summed E-state index contributed by atoms with van der Waals surface area (Å²) < 4.78 is 11.3. The molecule has 0 aliphatic rings. The lowest BCUT2D eigenvalue weighted by Gasteiger charge is -2.14. The molecular weight excluding hydrogens is 514 g/mol. The number of carbonyl (C=O) groups excluding carboxylic acids is 1. The molecule has 8 heteroatoms. The maximum Gasteiger partial charge on any atom is 0.339 e. The summed E-state index contributed by atoms with van der Waals surface area (Å²) in [5, 5.41) is 13.8. The Labute approximate surface area is 228 Å². The first-order valence-electron chi connectivity index (χ1n) is 12.6. The molecule has 5 aromatic rings. The summed E-state index contributed by atoms with van der Waals surface area (Å²) in [5.41, 5.74) is 4.66. The highest BCUT2D eigenvalue weighted by atomic mass is 32.2. The average Bonchev–Trinajstić information content (AvgIpc) is 3.35. The number of furan rings is 1. The summed E-state index contributed by atoms with van der Waals surface area (Å²) in [4.78, 5) is 37.2. The molecule has 0 bridgehead atoms. The van der Waals surface area contributed by atoms with Gasteiger partial charge in [0.05, 0.1) is 6.26 Å². The van der Waals surface area contributed by atoms with Crippen LogP contribution in [-0.4, -0.2) is 28.8 Å². The van der Waals surface area contributed by atoms with Crippen LogP contribution in [-0.2, 0) is 21.8 Å². The highest BCUT2D eigenvalue weighted by molar-refractivity contribution is 7.98. The quantitative estimate of drug-likeness (QED) is 0.210. The van der Waals surface area contributed by atoms with Gasteiger partial charge in [0.25, 0.3) is 0 Å². The molecule has 5 rings (SSSR count). The highest BCUT2D eigenvalue weighted by Crippen LogP contribution is 2.34. The number of thioether (sulfide) groups is 1. The van der Waals surface area contributed by atoms with Crippen LogP contribution in [0.25, 0.3) is 33.1 Å². The molecule has 0 unspecified atom stereocenters. The van der Waals surface area contributed by atoms with E-state index in [0.717, 1.165) is 33.0 Å². The molecule has 2 heterocycles. The maximum atomic E-state index is 12.8. The Morgan fingerprint density at radius 2 is 1.69 bits per heavy atom. The molecule has 0 aliphatic carbocycles. The molecule has 3 aromatic carbocycles. The van der Waals surface area contributed by atoms with Crippen molar-refractivity contribution in [3.63, 3.8) is 0 Å². The van der Waals surface area contributed by atoms with Crippen molar-refractivity contribution < 1.29 is 23.5 Å². The summed E-state index contributed by atoms with van der Waals surface area (Å²) in [6.07, 6.45) is 1.79. The van der Waals surface area contributed by atoms with Crippen LogP contribution in [0.2, 0.25) is 0 Å². The van der Waals surface area contributed by atoms with Gasteiger partial charge in [-0.25, -0.2) is 9.59 Å². The smallest absolute Gasteiger partial charge is 0.339 e. The molecule has 39 heavy (non-hydrogen) atoms. The van der Waals surface area contributed by atoms with Crippen molar-refractivity contribution in [3.05, 3.63) is 106 Å². The number of carboxylic acid groups (broad SMARTS) is 1. The van der Waals surface area contributed by atoms with E-state index in [9.17, 15) is 19.5 Å². The normalized spacial score (nSPS) is 12.0. The van der Waals surface area contributed by atoms with Gasteiger partial charge in [-0.05, 0) is 36.1 Å². The second-order valence-electron chi connectivity index (χ2n) is 9.31. The predicted octanol–water partition coefficient (Wildman–Crippen LogP) is 5.95. The Hall–Kier alpha value is -4.30. The molecule has 0 aliphatic heterocycles. The number of rotatable bonds is 10. The third-order valence-corrected chi connectivity index (χ3v) is 7.80. The minimum absolute atomic E-state index is 0.0343. The molecule has 198 valence electrons. The van der Waals surface area contributed by atoms with Crippen LogP contribution < -0.4 is 10.9 Å². The zero-order valence-electron chi connectivity index (χ0n) is 21.3. The van der Waals surface area contributed by atoms with E-state index in [-0.39, 0.29) is 18.6 Å². The second-order valence-corrected chi connectivity index (χ2v) is 10.3. The lowest BCUT2D eigenvalue weighted by molar-refractivity contribution is -0.141.